The highest BCUT2D eigenvalue weighted by Crippen LogP contribution is 2.72. The number of rotatable bonds is 4. The molecule has 4 saturated carbocycles. The summed E-state index contributed by atoms with van der Waals surface area (Å²) in [6.07, 6.45) is 14.5. The minimum atomic E-state index is -0.377. The summed E-state index contributed by atoms with van der Waals surface area (Å²) in [6, 6.07) is 0. The van der Waals surface area contributed by atoms with Crippen LogP contribution in [0.15, 0.2) is 12.2 Å². The molecule has 0 spiro atoms. The molecule has 4 fully saturated rings. The van der Waals surface area contributed by atoms with Gasteiger partial charge in [-0.2, -0.15) is 0 Å². The first-order chi connectivity index (χ1) is 12.5. The molecule has 5 aliphatic carbocycles. The van der Waals surface area contributed by atoms with Gasteiger partial charge in [0, 0.05) is 0 Å². The third-order valence-corrected chi connectivity index (χ3v) is 8.35. The standard InChI is InChI=1S/C22H30O4/c1-21(9-3-2-4-10-21)26-18(23)13-25-20(24)22-16-7-5-14(11-16)19(22)15-6-8-17(22)12-15/h5,7,14-17,19H,2-4,6,8-13H2,1H3. The van der Waals surface area contributed by atoms with E-state index in [0.717, 1.165) is 38.5 Å². The molecule has 142 valence electrons. The molecule has 0 aromatic rings. The molecule has 5 rings (SSSR count). The summed E-state index contributed by atoms with van der Waals surface area (Å²) in [5.74, 6) is 1.98. The predicted molar refractivity (Wildman–Crippen MR) is 96.0 cm³/mol. The van der Waals surface area contributed by atoms with Gasteiger partial charge >= 0.3 is 11.9 Å². The van der Waals surface area contributed by atoms with Crippen molar-refractivity contribution in [2.75, 3.05) is 6.61 Å². The molecule has 4 nitrogen and oxygen atoms in total. The fourth-order valence-corrected chi connectivity index (χ4v) is 7.45. The van der Waals surface area contributed by atoms with Crippen LogP contribution in [0.5, 0.6) is 0 Å². The van der Waals surface area contributed by atoms with Gasteiger partial charge in [0.1, 0.15) is 5.60 Å². The van der Waals surface area contributed by atoms with Crippen LogP contribution in [0.4, 0.5) is 0 Å². The zero-order valence-electron chi connectivity index (χ0n) is 15.7. The summed E-state index contributed by atoms with van der Waals surface area (Å²) in [5.41, 5.74) is -0.707. The van der Waals surface area contributed by atoms with E-state index in [9.17, 15) is 9.59 Å². The van der Waals surface area contributed by atoms with Crippen LogP contribution >= 0.6 is 0 Å². The maximum Gasteiger partial charge on any atom is 0.344 e. The fourth-order valence-electron chi connectivity index (χ4n) is 7.45. The van der Waals surface area contributed by atoms with E-state index in [1.54, 1.807) is 0 Å². The zero-order valence-corrected chi connectivity index (χ0v) is 15.7. The Morgan fingerprint density at radius 3 is 2.69 bits per heavy atom. The third kappa shape index (κ3) is 2.26. The van der Waals surface area contributed by atoms with Crippen molar-refractivity contribution in [3.63, 3.8) is 0 Å². The highest BCUT2D eigenvalue weighted by atomic mass is 16.6. The summed E-state index contributed by atoms with van der Waals surface area (Å²) in [7, 11) is 0. The molecule has 4 bridgehead atoms. The second-order valence-electron chi connectivity index (χ2n) is 9.68. The Balaban J connectivity index is 1.26. The van der Waals surface area contributed by atoms with Gasteiger partial charge in [0.25, 0.3) is 0 Å². The Hall–Kier alpha value is -1.32. The zero-order chi connectivity index (χ0) is 17.9. The van der Waals surface area contributed by atoms with E-state index >= 15 is 0 Å². The molecule has 0 saturated heterocycles. The average Bonchev–Trinajstić information content (AvgIpc) is 3.38. The van der Waals surface area contributed by atoms with Crippen molar-refractivity contribution in [3.8, 4) is 0 Å². The lowest BCUT2D eigenvalue weighted by Gasteiger charge is -2.42. The number of esters is 2. The second-order valence-corrected chi connectivity index (χ2v) is 9.68. The van der Waals surface area contributed by atoms with Gasteiger partial charge in [-0.25, -0.2) is 4.79 Å². The fraction of sp³-hybridized carbons (Fsp3) is 0.818. The molecule has 6 atom stereocenters. The van der Waals surface area contributed by atoms with Crippen LogP contribution < -0.4 is 0 Å². The first kappa shape index (κ1) is 16.8. The molecular formula is C22H30O4. The minimum absolute atomic E-state index is 0.114. The molecule has 6 unspecified atom stereocenters. The molecular weight excluding hydrogens is 328 g/mol. The number of allylic oxidation sites excluding steroid dienone is 2. The average molecular weight is 358 g/mol. The maximum atomic E-state index is 13.2. The van der Waals surface area contributed by atoms with Gasteiger partial charge < -0.3 is 9.47 Å². The Bertz CT molecular complexity index is 647. The van der Waals surface area contributed by atoms with Crippen molar-refractivity contribution in [2.24, 2.45) is 35.0 Å². The molecule has 4 heteroatoms. The lowest BCUT2D eigenvalue weighted by Crippen LogP contribution is -2.48. The predicted octanol–water partition coefficient (Wildman–Crippen LogP) is 4.03. The molecule has 0 amide bonds. The molecule has 5 aliphatic rings. The molecule has 26 heavy (non-hydrogen) atoms. The van der Waals surface area contributed by atoms with Crippen LogP contribution in [0.2, 0.25) is 0 Å². The van der Waals surface area contributed by atoms with E-state index < -0.39 is 0 Å². The Labute approximate surface area is 155 Å². The van der Waals surface area contributed by atoms with E-state index in [4.69, 9.17) is 9.47 Å². The molecule has 0 radical (unpaired) electrons. The van der Waals surface area contributed by atoms with Gasteiger partial charge in [-0.05, 0) is 87.9 Å². The number of hydrogen-bond donors (Lipinski definition) is 0. The summed E-state index contributed by atoms with van der Waals surface area (Å²) >= 11 is 0. The molecule has 0 N–H and O–H groups in total. The van der Waals surface area contributed by atoms with Crippen LogP contribution in [-0.4, -0.2) is 24.1 Å². The SMILES string of the molecule is CC1(OC(=O)COC(=O)C23C4C=CC(C4)C2C2CCC3C2)CCCCC1. The first-order valence-corrected chi connectivity index (χ1v) is 10.6. The van der Waals surface area contributed by atoms with Crippen molar-refractivity contribution in [3.05, 3.63) is 12.2 Å². The van der Waals surface area contributed by atoms with E-state index in [0.29, 0.717) is 29.6 Å². The van der Waals surface area contributed by atoms with Crippen molar-refractivity contribution >= 4 is 11.9 Å². The maximum absolute atomic E-state index is 13.2. The number of hydrogen-bond acceptors (Lipinski definition) is 4. The van der Waals surface area contributed by atoms with Crippen molar-refractivity contribution in [2.45, 2.75) is 70.3 Å². The van der Waals surface area contributed by atoms with Gasteiger partial charge in [0.05, 0.1) is 5.41 Å². The van der Waals surface area contributed by atoms with E-state index in [1.807, 2.05) is 6.92 Å². The first-order valence-electron chi connectivity index (χ1n) is 10.6. The van der Waals surface area contributed by atoms with Gasteiger partial charge in [0.15, 0.2) is 6.61 Å². The third-order valence-electron chi connectivity index (χ3n) is 8.35. The van der Waals surface area contributed by atoms with Crippen molar-refractivity contribution < 1.29 is 19.1 Å². The topological polar surface area (TPSA) is 52.6 Å². The quantitative estimate of drug-likeness (QED) is 0.432. The summed E-state index contributed by atoms with van der Waals surface area (Å²) in [4.78, 5) is 25.6. The van der Waals surface area contributed by atoms with E-state index in [-0.39, 0.29) is 29.6 Å². The lowest BCUT2D eigenvalue weighted by atomic mass is 9.61. The smallest absolute Gasteiger partial charge is 0.344 e. The summed E-state index contributed by atoms with van der Waals surface area (Å²) < 4.78 is 11.3. The second kappa shape index (κ2) is 5.84. The van der Waals surface area contributed by atoms with Crippen molar-refractivity contribution in [1.82, 2.24) is 0 Å². The number of carbonyl (C=O) groups excluding carboxylic acids is 2. The molecule has 0 aromatic carbocycles. The summed E-state index contributed by atoms with van der Waals surface area (Å²) in [5, 5.41) is 0. The van der Waals surface area contributed by atoms with Crippen LogP contribution in [0.3, 0.4) is 0 Å². The van der Waals surface area contributed by atoms with Crippen LogP contribution in [0.1, 0.15) is 64.7 Å². The van der Waals surface area contributed by atoms with Gasteiger partial charge in [-0.3, -0.25) is 4.79 Å². The monoisotopic (exact) mass is 358 g/mol. The summed E-state index contributed by atoms with van der Waals surface area (Å²) in [6.45, 7) is 1.79. The van der Waals surface area contributed by atoms with Gasteiger partial charge in [0.2, 0.25) is 0 Å². The largest absolute Gasteiger partial charge is 0.457 e. The highest BCUT2D eigenvalue weighted by Gasteiger charge is 2.71. The molecule has 0 aliphatic heterocycles. The van der Waals surface area contributed by atoms with Crippen LogP contribution in [0, 0.1) is 35.0 Å². The molecule has 0 heterocycles. The Morgan fingerprint density at radius 2 is 1.88 bits per heavy atom. The molecule has 0 aromatic heterocycles. The van der Waals surface area contributed by atoms with Gasteiger partial charge in [-0.1, -0.05) is 18.6 Å². The Morgan fingerprint density at radius 1 is 1.08 bits per heavy atom. The normalized spacial score (nSPS) is 44.1. The highest BCUT2D eigenvalue weighted by molar-refractivity contribution is 5.83. The van der Waals surface area contributed by atoms with E-state index in [2.05, 4.69) is 12.2 Å². The number of fused-ring (bicyclic) bond motifs is 9. The van der Waals surface area contributed by atoms with Crippen LogP contribution in [0.25, 0.3) is 0 Å². The van der Waals surface area contributed by atoms with Gasteiger partial charge in [-0.15, -0.1) is 0 Å². The Kier molecular flexibility index (Phi) is 3.78. The van der Waals surface area contributed by atoms with Crippen molar-refractivity contribution in [1.29, 1.82) is 0 Å². The number of carbonyl (C=O) groups is 2. The van der Waals surface area contributed by atoms with Crippen LogP contribution in [-0.2, 0) is 19.1 Å². The minimum Gasteiger partial charge on any atom is -0.457 e. The van der Waals surface area contributed by atoms with E-state index in [1.165, 1.54) is 19.3 Å². The number of ether oxygens (including phenoxy) is 2. The lowest BCUT2D eigenvalue weighted by molar-refractivity contribution is -0.179.